The standard InChI is InChI=1S/C12H3Cl7/c13-4-1-6(14)9(7(15)2-4)5-3-8(16)11(18)12(19)10(5)17/h1-3H. The summed E-state index contributed by atoms with van der Waals surface area (Å²) in [5.74, 6) is 0. The molecule has 7 heteroatoms. The van der Waals surface area contributed by atoms with Crippen molar-refractivity contribution in [2.45, 2.75) is 0 Å². The summed E-state index contributed by atoms with van der Waals surface area (Å²) in [7, 11) is 0. The Hall–Kier alpha value is 0.470. The summed E-state index contributed by atoms with van der Waals surface area (Å²) in [6.45, 7) is 0. The quantitative estimate of drug-likeness (QED) is 0.340. The molecule has 2 rings (SSSR count). The first kappa shape index (κ1) is 15.9. The third-order valence-electron chi connectivity index (χ3n) is 2.38. The topological polar surface area (TPSA) is 0 Å². The average Bonchev–Trinajstić information content (AvgIpc) is 2.31. The third kappa shape index (κ3) is 3.06. The second-order valence-electron chi connectivity index (χ2n) is 3.59. The molecule has 0 aliphatic rings. The van der Waals surface area contributed by atoms with Gasteiger partial charge in [0.2, 0.25) is 0 Å². The normalized spacial score (nSPS) is 10.9. The van der Waals surface area contributed by atoms with Crippen LogP contribution in [0.25, 0.3) is 11.1 Å². The summed E-state index contributed by atoms with van der Waals surface area (Å²) >= 11 is 42.2. The Bertz CT molecular complexity index is 641. The first-order valence-electron chi connectivity index (χ1n) is 4.80. The zero-order valence-electron chi connectivity index (χ0n) is 8.88. The minimum atomic E-state index is 0.146. The van der Waals surface area contributed by atoms with Gasteiger partial charge in [0.1, 0.15) is 0 Å². The molecule has 0 heterocycles. The van der Waals surface area contributed by atoms with Crippen molar-refractivity contribution >= 4 is 81.2 Å². The van der Waals surface area contributed by atoms with Gasteiger partial charge in [0, 0.05) is 16.1 Å². The van der Waals surface area contributed by atoms with Crippen LogP contribution in [0.15, 0.2) is 18.2 Å². The molecule has 19 heavy (non-hydrogen) atoms. The molecule has 2 aromatic rings. The molecule has 0 fully saturated rings. The molecule has 0 aromatic heterocycles. The molecule has 0 aliphatic heterocycles. The second-order valence-corrected chi connectivity index (χ2v) is 6.38. The van der Waals surface area contributed by atoms with Gasteiger partial charge in [-0.25, -0.2) is 0 Å². The molecule has 2 aromatic carbocycles. The lowest BCUT2D eigenvalue weighted by Crippen LogP contribution is -1.87. The molecule has 0 amide bonds. The lowest BCUT2D eigenvalue weighted by atomic mass is 10.1. The molecular weight excluding hydrogens is 392 g/mol. The Kier molecular flexibility index (Phi) is 5.07. The molecule has 0 bridgehead atoms. The maximum atomic E-state index is 6.16. The Balaban J connectivity index is 2.80. The van der Waals surface area contributed by atoms with Crippen LogP contribution in [0.3, 0.4) is 0 Å². The average molecular weight is 395 g/mol. The first-order chi connectivity index (χ1) is 8.82. The molecular formula is C12H3Cl7. The Morgan fingerprint density at radius 3 is 1.58 bits per heavy atom. The Labute approximate surface area is 145 Å². The summed E-state index contributed by atoms with van der Waals surface area (Å²) in [5.41, 5.74) is 0.992. The van der Waals surface area contributed by atoms with Gasteiger partial charge in [-0.2, -0.15) is 0 Å². The molecule has 0 unspecified atom stereocenters. The van der Waals surface area contributed by atoms with Gasteiger partial charge in [0.15, 0.2) is 0 Å². The highest BCUT2D eigenvalue weighted by Crippen LogP contribution is 2.46. The van der Waals surface area contributed by atoms with Crippen molar-refractivity contribution in [2.75, 3.05) is 0 Å². The fourth-order valence-electron chi connectivity index (χ4n) is 1.55. The fourth-order valence-corrected chi connectivity index (χ4v) is 3.47. The molecule has 0 N–H and O–H groups in total. The zero-order chi connectivity index (χ0) is 14.3. The highest BCUT2D eigenvalue weighted by atomic mass is 35.5. The van der Waals surface area contributed by atoms with E-state index < -0.39 is 0 Å². The van der Waals surface area contributed by atoms with E-state index in [0.29, 0.717) is 26.2 Å². The zero-order valence-corrected chi connectivity index (χ0v) is 14.2. The molecule has 0 aliphatic carbocycles. The second kappa shape index (κ2) is 6.07. The summed E-state index contributed by atoms with van der Waals surface area (Å²) in [5, 5.41) is 1.91. The molecule has 0 saturated heterocycles. The number of halogens is 7. The number of hydrogen-bond acceptors (Lipinski definition) is 0. The van der Waals surface area contributed by atoms with Gasteiger partial charge >= 0.3 is 0 Å². The Morgan fingerprint density at radius 2 is 1.05 bits per heavy atom. The lowest BCUT2D eigenvalue weighted by molar-refractivity contribution is 1.61. The summed E-state index contributed by atoms with van der Waals surface area (Å²) in [6, 6.07) is 4.66. The predicted molar refractivity (Wildman–Crippen MR) is 86.9 cm³/mol. The van der Waals surface area contributed by atoms with Gasteiger partial charge in [-0.3, -0.25) is 0 Å². The summed E-state index contributed by atoms with van der Waals surface area (Å²) in [4.78, 5) is 0. The van der Waals surface area contributed by atoms with E-state index in [1.165, 1.54) is 0 Å². The lowest BCUT2D eigenvalue weighted by Gasteiger charge is -2.12. The minimum absolute atomic E-state index is 0.146. The molecule has 0 atom stereocenters. The van der Waals surface area contributed by atoms with E-state index in [2.05, 4.69) is 0 Å². The van der Waals surface area contributed by atoms with E-state index >= 15 is 0 Å². The van der Waals surface area contributed by atoms with E-state index in [9.17, 15) is 0 Å². The van der Waals surface area contributed by atoms with Crippen molar-refractivity contribution < 1.29 is 0 Å². The monoisotopic (exact) mass is 392 g/mol. The van der Waals surface area contributed by atoms with E-state index in [1.807, 2.05) is 0 Å². The molecule has 0 nitrogen and oxygen atoms in total. The SMILES string of the molecule is Clc1cc(Cl)c(-c2cc(Cl)c(Cl)c(Cl)c2Cl)c(Cl)c1. The van der Waals surface area contributed by atoms with E-state index in [0.717, 1.165) is 0 Å². The van der Waals surface area contributed by atoms with Gasteiger partial charge < -0.3 is 0 Å². The van der Waals surface area contributed by atoms with Gasteiger partial charge in [-0.05, 0) is 18.2 Å². The highest BCUT2D eigenvalue weighted by Gasteiger charge is 2.19. The van der Waals surface area contributed by atoms with Crippen LogP contribution in [-0.2, 0) is 0 Å². The van der Waals surface area contributed by atoms with Crippen LogP contribution in [0.1, 0.15) is 0 Å². The van der Waals surface area contributed by atoms with E-state index in [-0.39, 0.29) is 20.1 Å². The van der Waals surface area contributed by atoms with Gasteiger partial charge in [-0.15, -0.1) is 0 Å². The van der Waals surface area contributed by atoms with Gasteiger partial charge in [-0.1, -0.05) is 81.2 Å². The van der Waals surface area contributed by atoms with Crippen molar-refractivity contribution in [1.82, 2.24) is 0 Å². The van der Waals surface area contributed by atoms with Crippen LogP contribution in [0.2, 0.25) is 35.2 Å². The van der Waals surface area contributed by atoms with E-state index in [1.54, 1.807) is 18.2 Å². The van der Waals surface area contributed by atoms with Crippen molar-refractivity contribution in [3.63, 3.8) is 0 Å². The van der Waals surface area contributed by atoms with Crippen molar-refractivity contribution in [2.24, 2.45) is 0 Å². The first-order valence-corrected chi connectivity index (χ1v) is 7.45. The number of hydrogen-bond donors (Lipinski definition) is 0. The maximum Gasteiger partial charge on any atom is 0.0800 e. The minimum Gasteiger partial charge on any atom is -0.0842 e. The summed E-state index contributed by atoms with van der Waals surface area (Å²) in [6.07, 6.45) is 0. The summed E-state index contributed by atoms with van der Waals surface area (Å²) < 4.78 is 0. The van der Waals surface area contributed by atoms with Crippen LogP contribution in [0.5, 0.6) is 0 Å². The van der Waals surface area contributed by atoms with Crippen molar-refractivity contribution in [3.8, 4) is 11.1 Å². The maximum absolute atomic E-state index is 6.16. The number of benzene rings is 2. The molecule has 0 saturated carbocycles. The van der Waals surface area contributed by atoms with Gasteiger partial charge in [0.05, 0.1) is 30.1 Å². The van der Waals surface area contributed by atoms with Crippen LogP contribution < -0.4 is 0 Å². The number of rotatable bonds is 1. The van der Waals surface area contributed by atoms with Crippen LogP contribution in [0, 0.1) is 0 Å². The van der Waals surface area contributed by atoms with E-state index in [4.69, 9.17) is 81.2 Å². The fraction of sp³-hybridized carbons (Fsp3) is 0. The highest BCUT2D eigenvalue weighted by molar-refractivity contribution is 6.53. The third-order valence-corrected chi connectivity index (χ3v) is 4.94. The molecule has 0 radical (unpaired) electrons. The largest absolute Gasteiger partial charge is 0.0842 e. The van der Waals surface area contributed by atoms with Crippen LogP contribution >= 0.6 is 81.2 Å². The molecule has 0 spiro atoms. The smallest absolute Gasteiger partial charge is 0.0800 e. The Morgan fingerprint density at radius 1 is 0.526 bits per heavy atom. The predicted octanol–water partition coefficient (Wildman–Crippen LogP) is 7.93. The van der Waals surface area contributed by atoms with Crippen LogP contribution in [-0.4, -0.2) is 0 Å². The van der Waals surface area contributed by atoms with Crippen molar-refractivity contribution in [1.29, 1.82) is 0 Å². The van der Waals surface area contributed by atoms with Gasteiger partial charge in [0.25, 0.3) is 0 Å². The van der Waals surface area contributed by atoms with Crippen LogP contribution in [0.4, 0.5) is 0 Å². The van der Waals surface area contributed by atoms with Crippen molar-refractivity contribution in [3.05, 3.63) is 53.4 Å². The molecule has 100 valence electrons.